The number of hydrogen-bond acceptors (Lipinski definition) is 1. The van der Waals surface area contributed by atoms with E-state index in [-0.39, 0.29) is 17.8 Å². The molecule has 0 spiro atoms. The number of allylic oxidation sites excluding steroid dienone is 1. The molecule has 0 saturated heterocycles. The minimum Gasteiger partial charge on any atom is -0.251 e. The van der Waals surface area contributed by atoms with Crippen LogP contribution in [0.5, 0.6) is 0 Å². The molecule has 66 valence electrons. The van der Waals surface area contributed by atoms with E-state index in [1.807, 2.05) is 13.0 Å². The lowest BCUT2D eigenvalue weighted by atomic mass is 9.98. The first kappa shape index (κ1) is 11.0. The largest absolute Gasteiger partial charge is 0.251 e. The Morgan fingerprint density at radius 3 is 2.45 bits per heavy atom. The lowest BCUT2D eigenvalue weighted by molar-refractivity contribution is 0.354. The van der Waals surface area contributed by atoms with Gasteiger partial charge in [-0.2, -0.15) is 12.6 Å². The molecule has 2 heteroatoms. The van der Waals surface area contributed by atoms with Gasteiger partial charge in [0.2, 0.25) is 0 Å². The van der Waals surface area contributed by atoms with Crippen LogP contribution in [0, 0.1) is 11.8 Å². The van der Waals surface area contributed by atoms with Crippen molar-refractivity contribution in [2.45, 2.75) is 25.5 Å². The third-order valence-corrected chi connectivity index (χ3v) is 2.57. The predicted molar refractivity (Wildman–Crippen MR) is 51.9 cm³/mol. The molecule has 0 aromatic carbocycles. The molecule has 0 aliphatic heterocycles. The van der Waals surface area contributed by atoms with Gasteiger partial charge in [-0.25, -0.2) is 0 Å². The highest BCUT2D eigenvalue weighted by atomic mass is 32.1. The highest BCUT2D eigenvalue weighted by Crippen LogP contribution is 2.19. The summed E-state index contributed by atoms with van der Waals surface area (Å²) in [5, 5.41) is 0.248. The Morgan fingerprint density at radius 2 is 2.09 bits per heavy atom. The average Bonchev–Trinajstić information content (AvgIpc) is 2.02. The molecule has 0 amide bonds. The van der Waals surface area contributed by atoms with E-state index in [2.05, 4.69) is 26.1 Å². The zero-order chi connectivity index (χ0) is 8.85. The summed E-state index contributed by atoms with van der Waals surface area (Å²) in [6.45, 7) is 7.38. The number of hydrogen-bond donors (Lipinski definition) is 1. The first-order valence-corrected chi connectivity index (χ1v) is 4.50. The van der Waals surface area contributed by atoms with Crippen molar-refractivity contribution in [2.24, 2.45) is 11.8 Å². The molecule has 0 fully saturated rings. The lowest BCUT2D eigenvalue weighted by Gasteiger charge is -2.17. The molecule has 0 heterocycles. The molecule has 0 aliphatic rings. The van der Waals surface area contributed by atoms with E-state index in [4.69, 9.17) is 0 Å². The molecule has 0 aliphatic carbocycles. The van der Waals surface area contributed by atoms with Crippen LogP contribution in [0.15, 0.2) is 12.7 Å². The van der Waals surface area contributed by atoms with Crippen molar-refractivity contribution >= 4 is 12.6 Å². The first-order valence-electron chi connectivity index (χ1n) is 3.98. The molecule has 0 radical (unpaired) electrons. The summed E-state index contributed by atoms with van der Waals surface area (Å²) in [7, 11) is 0. The Bertz CT molecular complexity index is 114. The Morgan fingerprint density at radius 1 is 1.55 bits per heavy atom. The summed E-state index contributed by atoms with van der Waals surface area (Å²) < 4.78 is 12.1. The lowest BCUT2D eigenvalue weighted by Crippen LogP contribution is -2.14. The molecular weight excluding hydrogens is 159 g/mol. The normalized spacial score (nSPS) is 18.9. The summed E-state index contributed by atoms with van der Waals surface area (Å²) >= 11 is 4.36. The monoisotopic (exact) mass is 176 g/mol. The summed E-state index contributed by atoms with van der Waals surface area (Å²) in [6.07, 6.45) is 2.69. The predicted octanol–water partition coefficient (Wildman–Crippen LogP) is 3.10. The van der Waals surface area contributed by atoms with Crippen LogP contribution >= 0.6 is 12.6 Å². The summed E-state index contributed by atoms with van der Waals surface area (Å²) in [4.78, 5) is 0. The molecular formula is C9H17FS. The van der Waals surface area contributed by atoms with Crippen LogP contribution < -0.4 is 0 Å². The van der Waals surface area contributed by atoms with Crippen molar-refractivity contribution in [3.05, 3.63) is 12.7 Å². The third-order valence-electron chi connectivity index (χ3n) is 1.89. The number of thiol groups is 1. The molecule has 0 aromatic rings. The van der Waals surface area contributed by atoms with E-state index in [1.54, 1.807) is 0 Å². The Labute approximate surface area is 74.3 Å². The third kappa shape index (κ3) is 4.46. The van der Waals surface area contributed by atoms with E-state index in [0.717, 1.165) is 6.42 Å². The smallest absolute Gasteiger partial charge is 0.0920 e. The molecule has 3 atom stereocenters. The number of halogens is 1. The van der Waals surface area contributed by atoms with Gasteiger partial charge in [0.05, 0.1) is 6.67 Å². The van der Waals surface area contributed by atoms with Crippen LogP contribution in [-0.4, -0.2) is 11.9 Å². The maximum absolute atomic E-state index is 12.1. The molecule has 0 bridgehead atoms. The van der Waals surface area contributed by atoms with Crippen molar-refractivity contribution in [3.8, 4) is 0 Å². The maximum Gasteiger partial charge on any atom is 0.0920 e. The minimum absolute atomic E-state index is 0.125. The molecule has 0 rings (SSSR count). The highest BCUT2D eigenvalue weighted by molar-refractivity contribution is 7.81. The summed E-state index contributed by atoms with van der Waals surface area (Å²) in [6, 6.07) is 0. The number of alkyl halides is 1. The second-order valence-electron chi connectivity index (χ2n) is 3.16. The van der Waals surface area contributed by atoms with Gasteiger partial charge in [-0.3, -0.25) is 4.39 Å². The second kappa shape index (κ2) is 5.64. The van der Waals surface area contributed by atoms with Crippen LogP contribution in [0.1, 0.15) is 20.3 Å². The van der Waals surface area contributed by atoms with Crippen LogP contribution in [0.25, 0.3) is 0 Å². The van der Waals surface area contributed by atoms with E-state index in [9.17, 15) is 4.39 Å². The second-order valence-corrected chi connectivity index (χ2v) is 3.82. The van der Waals surface area contributed by atoms with Gasteiger partial charge in [0, 0.05) is 5.25 Å². The Kier molecular flexibility index (Phi) is 5.65. The van der Waals surface area contributed by atoms with Crippen molar-refractivity contribution in [3.63, 3.8) is 0 Å². The van der Waals surface area contributed by atoms with Gasteiger partial charge < -0.3 is 0 Å². The number of rotatable bonds is 5. The van der Waals surface area contributed by atoms with E-state index >= 15 is 0 Å². The van der Waals surface area contributed by atoms with Gasteiger partial charge in [-0.1, -0.05) is 19.9 Å². The van der Waals surface area contributed by atoms with Crippen LogP contribution in [-0.2, 0) is 0 Å². The van der Waals surface area contributed by atoms with E-state index in [1.165, 1.54) is 0 Å². The molecule has 0 nitrogen and oxygen atoms in total. The Hall–Kier alpha value is 0.0200. The van der Waals surface area contributed by atoms with Crippen molar-refractivity contribution in [2.75, 3.05) is 6.67 Å². The quantitative estimate of drug-likeness (QED) is 0.483. The zero-order valence-corrected chi connectivity index (χ0v) is 8.15. The molecule has 0 unspecified atom stereocenters. The van der Waals surface area contributed by atoms with Crippen LogP contribution in [0.3, 0.4) is 0 Å². The van der Waals surface area contributed by atoms with Crippen molar-refractivity contribution < 1.29 is 4.39 Å². The van der Waals surface area contributed by atoms with Gasteiger partial charge in [-0.05, 0) is 18.3 Å². The van der Waals surface area contributed by atoms with Crippen molar-refractivity contribution in [1.29, 1.82) is 0 Å². The standard InChI is InChI=1S/C9H17FS/c1-4-8(3)9(11)5-7(2)6-10/h4,7-9,11H,1,5-6H2,2-3H3/t7-,8+,9-/m0/s1. The molecule has 0 N–H and O–H groups in total. The average molecular weight is 176 g/mol. The Balaban J connectivity index is 3.66. The van der Waals surface area contributed by atoms with Crippen LogP contribution in [0.4, 0.5) is 4.39 Å². The molecule has 0 aromatic heterocycles. The summed E-state index contributed by atoms with van der Waals surface area (Å²) in [5.74, 6) is 0.493. The zero-order valence-electron chi connectivity index (χ0n) is 7.26. The van der Waals surface area contributed by atoms with Gasteiger partial charge in [0.15, 0.2) is 0 Å². The molecule has 0 saturated carbocycles. The first-order chi connectivity index (χ1) is 5.11. The SMILES string of the molecule is C=C[C@@H](C)[C@@H](S)C[C@H](C)CF. The maximum atomic E-state index is 12.1. The van der Waals surface area contributed by atoms with E-state index in [0.29, 0.717) is 5.92 Å². The summed E-state index contributed by atoms with van der Waals surface area (Å²) in [5.41, 5.74) is 0. The highest BCUT2D eigenvalue weighted by Gasteiger charge is 2.13. The fourth-order valence-electron chi connectivity index (χ4n) is 0.847. The van der Waals surface area contributed by atoms with Gasteiger partial charge in [0.25, 0.3) is 0 Å². The minimum atomic E-state index is -0.249. The fourth-order valence-corrected chi connectivity index (χ4v) is 1.33. The fraction of sp³-hybridized carbons (Fsp3) is 0.778. The van der Waals surface area contributed by atoms with Crippen molar-refractivity contribution in [1.82, 2.24) is 0 Å². The van der Waals surface area contributed by atoms with Gasteiger partial charge >= 0.3 is 0 Å². The molecule has 11 heavy (non-hydrogen) atoms. The van der Waals surface area contributed by atoms with Gasteiger partial charge in [-0.15, -0.1) is 6.58 Å². The van der Waals surface area contributed by atoms with E-state index < -0.39 is 0 Å². The van der Waals surface area contributed by atoms with Gasteiger partial charge in [0.1, 0.15) is 0 Å². The topological polar surface area (TPSA) is 0 Å². The van der Waals surface area contributed by atoms with Crippen LogP contribution in [0.2, 0.25) is 0 Å².